The molecule has 6 heteroatoms. The number of hydrazine groups is 1. The first-order chi connectivity index (χ1) is 8.36. The molecule has 0 spiro atoms. The smallest absolute Gasteiger partial charge is 0.0772 e. The third-order valence-electron chi connectivity index (χ3n) is 3.32. The van der Waals surface area contributed by atoms with Gasteiger partial charge in [-0.1, -0.05) is 12.1 Å². The molecule has 1 aliphatic rings. The average molecular weight is 239 g/mol. The van der Waals surface area contributed by atoms with Gasteiger partial charge in [-0.2, -0.15) is 0 Å². The van der Waals surface area contributed by atoms with Gasteiger partial charge in [0.2, 0.25) is 0 Å². The number of ether oxygens (including phenoxy) is 1. The summed E-state index contributed by atoms with van der Waals surface area (Å²) in [5, 5.41) is 8.10. The molecule has 1 saturated heterocycles. The highest BCUT2D eigenvalue weighted by Gasteiger charge is 2.27. The minimum absolute atomic E-state index is 0.125. The maximum absolute atomic E-state index is 5.70. The van der Waals surface area contributed by atoms with Crippen LogP contribution in [0.4, 0.5) is 0 Å². The number of nitrogens with one attached hydrogen (secondary N) is 1. The van der Waals surface area contributed by atoms with Crippen molar-refractivity contribution in [3.05, 3.63) is 11.9 Å². The van der Waals surface area contributed by atoms with Gasteiger partial charge < -0.3 is 4.74 Å². The predicted molar refractivity (Wildman–Crippen MR) is 63.9 cm³/mol. The number of hydrogen-bond donors (Lipinski definition) is 2. The van der Waals surface area contributed by atoms with Gasteiger partial charge in [-0.25, -0.2) is 4.68 Å². The lowest BCUT2D eigenvalue weighted by atomic mass is 9.90. The van der Waals surface area contributed by atoms with Crippen molar-refractivity contribution in [3.63, 3.8) is 0 Å². The number of nitrogens with zero attached hydrogens (tertiary/aromatic N) is 3. The van der Waals surface area contributed by atoms with Crippen LogP contribution in [0.3, 0.4) is 0 Å². The van der Waals surface area contributed by atoms with Crippen LogP contribution in [0.5, 0.6) is 0 Å². The van der Waals surface area contributed by atoms with Crippen molar-refractivity contribution in [2.45, 2.75) is 38.8 Å². The van der Waals surface area contributed by atoms with Crippen LogP contribution in [-0.4, -0.2) is 28.2 Å². The number of rotatable bonds is 5. The zero-order chi connectivity index (χ0) is 12.1. The van der Waals surface area contributed by atoms with E-state index in [0.29, 0.717) is 5.92 Å². The van der Waals surface area contributed by atoms with E-state index in [2.05, 4.69) is 22.7 Å². The Bertz CT molecular complexity index is 334. The Morgan fingerprint density at radius 2 is 2.35 bits per heavy atom. The SMILES string of the molecule is CCCn1nncc1C(NN)C1CCOCC1. The van der Waals surface area contributed by atoms with Crippen LogP contribution in [0.25, 0.3) is 0 Å². The molecule has 1 unspecified atom stereocenters. The summed E-state index contributed by atoms with van der Waals surface area (Å²) < 4.78 is 7.33. The van der Waals surface area contributed by atoms with E-state index in [1.807, 2.05) is 10.9 Å². The van der Waals surface area contributed by atoms with E-state index < -0.39 is 0 Å². The quantitative estimate of drug-likeness (QED) is 0.582. The van der Waals surface area contributed by atoms with Crippen LogP contribution in [0.15, 0.2) is 6.20 Å². The molecule has 1 aliphatic heterocycles. The maximum Gasteiger partial charge on any atom is 0.0772 e. The zero-order valence-electron chi connectivity index (χ0n) is 10.3. The first-order valence-electron chi connectivity index (χ1n) is 6.29. The summed E-state index contributed by atoms with van der Waals surface area (Å²) >= 11 is 0. The third-order valence-corrected chi connectivity index (χ3v) is 3.32. The molecular formula is C11H21N5O. The zero-order valence-corrected chi connectivity index (χ0v) is 10.3. The van der Waals surface area contributed by atoms with Crippen LogP contribution >= 0.6 is 0 Å². The molecule has 0 amide bonds. The van der Waals surface area contributed by atoms with Crippen LogP contribution in [0.2, 0.25) is 0 Å². The maximum atomic E-state index is 5.70. The van der Waals surface area contributed by atoms with Gasteiger partial charge in [0.1, 0.15) is 0 Å². The molecule has 0 radical (unpaired) electrons. The first kappa shape index (κ1) is 12.5. The Labute approximate surface area is 101 Å². The summed E-state index contributed by atoms with van der Waals surface area (Å²) in [6.45, 7) is 4.65. The van der Waals surface area contributed by atoms with Crippen molar-refractivity contribution >= 4 is 0 Å². The summed E-state index contributed by atoms with van der Waals surface area (Å²) in [7, 11) is 0. The van der Waals surface area contributed by atoms with Crippen LogP contribution in [0.1, 0.15) is 37.9 Å². The summed E-state index contributed by atoms with van der Waals surface area (Å²) in [6, 6.07) is 0.125. The molecule has 17 heavy (non-hydrogen) atoms. The molecule has 0 saturated carbocycles. The molecule has 2 heterocycles. The molecule has 0 bridgehead atoms. The monoisotopic (exact) mass is 239 g/mol. The standard InChI is InChI=1S/C11H21N5O/c1-2-5-16-10(8-13-15-16)11(14-12)9-3-6-17-7-4-9/h8-9,11,14H,2-7,12H2,1H3. The molecule has 1 aromatic rings. The Balaban J connectivity index is 2.12. The van der Waals surface area contributed by atoms with Gasteiger partial charge in [0.05, 0.1) is 17.9 Å². The topological polar surface area (TPSA) is 78.0 Å². The lowest BCUT2D eigenvalue weighted by Crippen LogP contribution is -2.37. The van der Waals surface area contributed by atoms with E-state index in [4.69, 9.17) is 10.6 Å². The molecule has 1 aromatic heterocycles. The van der Waals surface area contributed by atoms with Gasteiger partial charge in [0.25, 0.3) is 0 Å². The van der Waals surface area contributed by atoms with E-state index in [-0.39, 0.29) is 6.04 Å². The molecule has 1 atom stereocenters. The molecule has 0 aliphatic carbocycles. The summed E-state index contributed by atoms with van der Waals surface area (Å²) in [6.07, 6.45) is 4.93. The Morgan fingerprint density at radius 3 is 3.00 bits per heavy atom. The molecule has 96 valence electrons. The van der Waals surface area contributed by atoms with E-state index >= 15 is 0 Å². The Kier molecular flexibility index (Phi) is 4.47. The Morgan fingerprint density at radius 1 is 1.59 bits per heavy atom. The Hall–Kier alpha value is -0.980. The van der Waals surface area contributed by atoms with E-state index in [9.17, 15) is 0 Å². The van der Waals surface area contributed by atoms with E-state index in [1.165, 1.54) is 0 Å². The van der Waals surface area contributed by atoms with Crippen molar-refractivity contribution < 1.29 is 4.74 Å². The fourth-order valence-electron chi connectivity index (χ4n) is 2.40. The highest BCUT2D eigenvalue weighted by atomic mass is 16.5. The highest BCUT2D eigenvalue weighted by Crippen LogP contribution is 2.28. The molecule has 6 nitrogen and oxygen atoms in total. The van der Waals surface area contributed by atoms with Gasteiger partial charge in [0.15, 0.2) is 0 Å². The van der Waals surface area contributed by atoms with Gasteiger partial charge >= 0.3 is 0 Å². The minimum Gasteiger partial charge on any atom is -0.381 e. The van der Waals surface area contributed by atoms with Crippen molar-refractivity contribution in [1.82, 2.24) is 20.4 Å². The summed E-state index contributed by atoms with van der Waals surface area (Å²) in [5.74, 6) is 6.20. The molecule has 2 rings (SSSR count). The average Bonchev–Trinajstić information content (AvgIpc) is 2.81. The number of aryl methyl sites for hydroxylation is 1. The minimum atomic E-state index is 0.125. The first-order valence-corrected chi connectivity index (χ1v) is 6.29. The molecule has 3 N–H and O–H groups in total. The van der Waals surface area contributed by atoms with Crippen molar-refractivity contribution in [1.29, 1.82) is 0 Å². The number of nitrogens with two attached hydrogens (primary N) is 1. The second kappa shape index (κ2) is 6.09. The fourth-order valence-corrected chi connectivity index (χ4v) is 2.40. The largest absolute Gasteiger partial charge is 0.381 e. The lowest BCUT2D eigenvalue weighted by Gasteiger charge is -2.29. The van der Waals surface area contributed by atoms with Gasteiger partial charge in [-0.05, 0) is 25.2 Å². The second-order valence-corrected chi connectivity index (χ2v) is 4.48. The fraction of sp³-hybridized carbons (Fsp3) is 0.818. The predicted octanol–water partition coefficient (Wildman–Crippen LogP) is 0.619. The lowest BCUT2D eigenvalue weighted by molar-refractivity contribution is 0.0524. The number of aromatic nitrogens is 3. The highest BCUT2D eigenvalue weighted by molar-refractivity contribution is 5.04. The normalized spacial score (nSPS) is 19.4. The van der Waals surface area contributed by atoms with Crippen molar-refractivity contribution in [3.8, 4) is 0 Å². The van der Waals surface area contributed by atoms with Crippen LogP contribution < -0.4 is 11.3 Å². The van der Waals surface area contributed by atoms with E-state index in [0.717, 1.165) is 44.7 Å². The molecule has 0 aromatic carbocycles. The second-order valence-electron chi connectivity index (χ2n) is 4.48. The van der Waals surface area contributed by atoms with Gasteiger partial charge in [0, 0.05) is 19.8 Å². The number of hydrogen-bond acceptors (Lipinski definition) is 5. The summed E-state index contributed by atoms with van der Waals surface area (Å²) in [5.41, 5.74) is 4.00. The molecular weight excluding hydrogens is 218 g/mol. The van der Waals surface area contributed by atoms with E-state index in [1.54, 1.807) is 0 Å². The van der Waals surface area contributed by atoms with Crippen molar-refractivity contribution in [2.24, 2.45) is 11.8 Å². The molecule has 1 fully saturated rings. The van der Waals surface area contributed by atoms with Crippen molar-refractivity contribution in [2.75, 3.05) is 13.2 Å². The third kappa shape index (κ3) is 2.83. The van der Waals surface area contributed by atoms with Gasteiger partial charge in [-0.3, -0.25) is 11.3 Å². The van der Waals surface area contributed by atoms with Crippen LogP contribution in [0, 0.1) is 5.92 Å². The summed E-state index contributed by atoms with van der Waals surface area (Å²) in [4.78, 5) is 0. The van der Waals surface area contributed by atoms with Gasteiger partial charge in [-0.15, -0.1) is 5.10 Å². The van der Waals surface area contributed by atoms with Crippen LogP contribution in [-0.2, 0) is 11.3 Å².